The van der Waals surface area contributed by atoms with Crippen molar-refractivity contribution in [3.05, 3.63) is 109 Å². The Kier molecular flexibility index (Phi) is 26.7. The van der Waals surface area contributed by atoms with E-state index in [1.54, 1.807) is 59.1 Å². The SMILES string of the molecule is CC(C)(C)S.CC(C)(C)[O-].CCOC(=O)C(C)(C)Cc1c(I)c2cc(OC)cnc2n1Cc1ccc(Cl)cc1.CCOC(=O)C(C)(C)Cc1c(SC(C)(C)C)c2cc(OC)cnc2n1Cc1ccc(Cl)cc1.[K+]. The number of rotatable bonds is 15. The summed E-state index contributed by atoms with van der Waals surface area (Å²) in [7, 11) is 3.28. The van der Waals surface area contributed by atoms with Crippen molar-refractivity contribution < 1.29 is 85.0 Å². The number of methoxy groups -OCH3 is 2. The molecule has 0 aliphatic heterocycles. The summed E-state index contributed by atoms with van der Waals surface area (Å²) >= 11 is 20.4. The maximum absolute atomic E-state index is 12.8. The van der Waals surface area contributed by atoms with Crippen LogP contribution in [0.2, 0.25) is 10.0 Å². The van der Waals surface area contributed by atoms with Crippen LogP contribution in [0.1, 0.15) is 126 Å². The van der Waals surface area contributed by atoms with Gasteiger partial charge >= 0.3 is 63.3 Å². The molecule has 0 atom stereocenters. The predicted molar refractivity (Wildman–Crippen MR) is 309 cm³/mol. The average molecular weight is 1220 g/mol. The Balaban J connectivity index is 0.000000419. The molecule has 0 saturated heterocycles. The third kappa shape index (κ3) is 22.1. The van der Waals surface area contributed by atoms with Crippen molar-refractivity contribution in [3.63, 3.8) is 0 Å². The maximum atomic E-state index is 12.8. The number of thiol groups is 1. The van der Waals surface area contributed by atoms with Crippen molar-refractivity contribution in [2.75, 3.05) is 27.4 Å². The van der Waals surface area contributed by atoms with E-state index in [1.165, 1.54) is 0 Å². The van der Waals surface area contributed by atoms with Gasteiger partial charge in [0.1, 0.15) is 22.8 Å². The number of halogens is 3. The van der Waals surface area contributed by atoms with Gasteiger partial charge in [0.2, 0.25) is 0 Å². The molecule has 0 fully saturated rings. The number of esters is 2. The van der Waals surface area contributed by atoms with E-state index in [0.717, 1.165) is 53.0 Å². The van der Waals surface area contributed by atoms with E-state index in [2.05, 4.69) is 90.9 Å². The number of carbonyl (C=O) groups is 2. The Morgan fingerprint density at radius 1 is 0.658 bits per heavy atom. The largest absolute Gasteiger partial charge is 1.00 e. The van der Waals surface area contributed by atoms with Gasteiger partial charge in [0.15, 0.2) is 0 Å². The van der Waals surface area contributed by atoms with E-state index < -0.39 is 16.4 Å². The topological polar surface area (TPSA) is 130 Å². The number of aromatic nitrogens is 4. The van der Waals surface area contributed by atoms with Crippen LogP contribution in [0.4, 0.5) is 0 Å². The van der Waals surface area contributed by atoms with Crippen LogP contribution >= 0.6 is 70.2 Å². The van der Waals surface area contributed by atoms with Gasteiger partial charge in [0, 0.05) is 76.1 Å². The van der Waals surface area contributed by atoms with Crippen LogP contribution in [-0.2, 0) is 45.0 Å². The molecule has 6 rings (SSSR count). The number of hydrogen-bond acceptors (Lipinski definition) is 11. The zero-order valence-corrected chi connectivity index (χ0v) is 54.8. The second kappa shape index (κ2) is 29.1. The number of fused-ring (bicyclic) bond motifs is 2. The molecule has 4 aromatic heterocycles. The van der Waals surface area contributed by atoms with Crippen molar-refractivity contribution >= 4 is 104 Å². The summed E-state index contributed by atoms with van der Waals surface area (Å²) in [4.78, 5) is 35.9. The monoisotopic (exact) mass is 1220 g/mol. The Hall–Kier alpha value is -2.03. The summed E-state index contributed by atoms with van der Waals surface area (Å²) < 4.78 is 27.2. The molecule has 0 spiro atoms. The quantitative estimate of drug-likeness (QED) is 0.0349. The second-order valence-electron chi connectivity index (χ2n) is 21.5. The van der Waals surface area contributed by atoms with Gasteiger partial charge < -0.3 is 33.2 Å². The number of pyridine rings is 2. The minimum Gasteiger partial charge on any atom is -0.850 e. The van der Waals surface area contributed by atoms with Gasteiger partial charge in [-0.3, -0.25) is 9.59 Å². The zero-order chi connectivity index (χ0) is 54.6. The number of carbonyl (C=O) groups excluding carboxylic acids is 2. The van der Waals surface area contributed by atoms with Crippen LogP contribution in [0.25, 0.3) is 22.1 Å². The first-order valence-electron chi connectivity index (χ1n) is 23.9. The fourth-order valence-electron chi connectivity index (χ4n) is 6.96. The third-order valence-electron chi connectivity index (χ3n) is 10.1. The van der Waals surface area contributed by atoms with Crippen LogP contribution in [0.3, 0.4) is 0 Å². The second-order valence-corrected chi connectivity index (χ2v) is 26.6. The molecular formula is C56H76Cl2IKN4O7S2. The van der Waals surface area contributed by atoms with Crippen LogP contribution in [0.15, 0.2) is 78.0 Å². The molecule has 0 bridgehead atoms. The third-order valence-corrected chi connectivity index (χ3v) is 13.1. The van der Waals surface area contributed by atoms with Crippen molar-refractivity contribution in [1.82, 2.24) is 19.1 Å². The standard InChI is InChI=1S/C26H33ClN2O3S.C22H24ClIN2O3.C4H9O.C4H10S.K/c1-8-32-24(30)26(5,6)14-21-22(33-25(2,3)4)20-13-19(31-7)15-28-23(20)29(21)16-17-9-11-18(27)12-10-17;1-5-29-21(27)22(2,3)11-18-19(24)17-10-16(28-4)12-25-20(17)26(18)13-14-6-8-15(23)9-7-14;2*1-4(2,3)5;/h9-13,15H,8,14,16H2,1-7H3;6-10,12H,5,11,13H2,1-4H3;1-3H3;5H,1-3H3;/q;;-1;;+1. The molecule has 0 amide bonds. The van der Waals surface area contributed by atoms with Crippen molar-refractivity contribution in [1.29, 1.82) is 0 Å². The van der Waals surface area contributed by atoms with Gasteiger partial charge in [-0.25, -0.2) is 9.97 Å². The molecule has 396 valence electrons. The number of hydrogen-bond donors (Lipinski definition) is 1. The minimum atomic E-state index is -0.750. The fraction of sp³-hybridized carbons (Fsp3) is 0.500. The van der Waals surface area contributed by atoms with E-state index in [4.69, 9.17) is 47.1 Å². The van der Waals surface area contributed by atoms with Gasteiger partial charge in [-0.2, -0.15) is 12.6 Å². The summed E-state index contributed by atoms with van der Waals surface area (Å²) in [5.41, 5.74) is 3.96. The molecule has 0 unspecified atom stereocenters. The molecular weight excluding hydrogens is 1140 g/mol. The van der Waals surface area contributed by atoms with Crippen molar-refractivity contribution in [3.8, 4) is 11.5 Å². The van der Waals surface area contributed by atoms with Crippen LogP contribution in [0, 0.1) is 14.4 Å². The Labute approximate surface area is 511 Å². The van der Waals surface area contributed by atoms with Crippen LogP contribution < -0.4 is 66.0 Å². The molecule has 0 saturated carbocycles. The van der Waals surface area contributed by atoms with Crippen LogP contribution in [0.5, 0.6) is 11.5 Å². The summed E-state index contributed by atoms with van der Waals surface area (Å²) in [5.74, 6) is 1.00. The smallest absolute Gasteiger partial charge is 0.850 e. The predicted octanol–water partition coefficient (Wildman–Crippen LogP) is 11.1. The minimum absolute atomic E-state index is 0. The Bertz CT molecular complexity index is 2700. The van der Waals surface area contributed by atoms with Crippen LogP contribution in [-0.4, -0.2) is 73.6 Å². The molecule has 4 heterocycles. The zero-order valence-electron chi connectivity index (χ0n) is 46.3. The fourth-order valence-corrected chi connectivity index (χ4v) is 9.26. The number of benzene rings is 2. The van der Waals surface area contributed by atoms with Gasteiger partial charge in [-0.1, -0.05) is 110 Å². The molecule has 0 aliphatic rings. The van der Waals surface area contributed by atoms with Gasteiger partial charge in [-0.15, -0.1) is 17.4 Å². The van der Waals surface area contributed by atoms with Gasteiger partial charge in [0.05, 0.1) is 50.7 Å². The van der Waals surface area contributed by atoms with E-state index in [-0.39, 0.29) is 72.8 Å². The van der Waals surface area contributed by atoms with E-state index >= 15 is 0 Å². The summed E-state index contributed by atoms with van der Waals surface area (Å²) in [5, 5.41) is 13.5. The summed E-state index contributed by atoms with van der Waals surface area (Å²) in [6.45, 7) is 31.0. The number of nitrogens with zero attached hydrogens (tertiary/aromatic N) is 4. The molecule has 6 aromatic rings. The van der Waals surface area contributed by atoms with Crippen molar-refractivity contribution in [2.24, 2.45) is 10.8 Å². The molecule has 0 radical (unpaired) electrons. The number of ether oxygens (including phenoxy) is 4. The first-order chi connectivity index (χ1) is 33.2. The maximum Gasteiger partial charge on any atom is 1.00 e. The van der Waals surface area contributed by atoms with E-state index in [1.807, 2.05) is 102 Å². The van der Waals surface area contributed by atoms with Crippen molar-refractivity contribution in [2.45, 2.75) is 150 Å². The first-order valence-corrected chi connectivity index (χ1v) is 27.0. The van der Waals surface area contributed by atoms with E-state index in [0.29, 0.717) is 60.7 Å². The van der Waals surface area contributed by atoms with Gasteiger partial charge in [-0.05, 0) is 112 Å². The molecule has 0 N–H and O–H groups in total. The Morgan fingerprint density at radius 2 is 1.00 bits per heavy atom. The number of thioether (sulfide) groups is 1. The normalized spacial score (nSPS) is 11.8. The molecule has 73 heavy (non-hydrogen) atoms. The summed E-state index contributed by atoms with van der Waals surface area (Å²) in [6.07, 6.45) is 4.52. The Morgan fingerprint density at radius 3 is 1.36 bits per heavy atom. The summed E-state index contributed by atoms with van der Waals surface area (Å²) in [6, 6.07) is 19.6. The van der Waals surface area contributed by atoms with E-state index in [9.17, 15) is 14.7 Å². The molecule has 11 nitrogen and oxygen atoms in total. The average Bonchev–Trinajstić information content (AvgIpc) is 3.67. The molecule has 0 aliphatic carbocycles. The molecule has 2 aromatic carbocycles. The van der Waals surface area contributed by atoms with Gasteiger partial charge in [0.25, 0.3) is 0 Å². The first kappa shape index (κ1) is 67.1. The molecule has 17 heteroatoms.